The van der Waals surface area contributed by atoms with Gasteiger partial charge in [-0.1, -0.05) is 43.5 Å². The van der Waals surface area contributed by atoms with Crippen LogP contribution in [0.5, 0.6) is 0 Å². The third-order valence-corrected chi connectivity index (χ3v) is 6.29. The molecule has 2 aromatic carbocycles. The van der Waals surface area contributed by atoms with Crippen molar-refractivity contribution < 1.29 is 9.59 Å². The molecule has 0 atom stereocenters. The second-order valence-electron chi connectivity index (χ2n) is 7.87. The summed E-state index contributed by atoms with van der Waals surface area (Å²) in [6, 6.07) is 15.0. The Hall–Kier alpha value is -2.18. The minimum Gasteiger partial charge on any atom is -0.338 e. The summed E-state index contributed by atoms with van der Waals surface area (Å²) >= 11 is 3.41. The van der Waals surface area contributed by atoms with E-state index in [1.807, 2.05) is 47.4 Å². The highest BCUT2D eigenvalue weighted by Gasteiger charge is 2.25. The molecule has 6 heteroatoms. The third kappa shape index (κ3) is 6.16. The number of nitrogens with two attached hydrogens (primary N) is 1. The topological polar surface area (TPSA) is 75.4 Å². The monoisotopic (exact) mass is 471 g/mol. The van der Waals surface area contributed by atoms with Crippen molar-refractivity contribution in [1.82, 2.24) is 4.90 Å². The number of carbonyl (C=O) groups excluding carboxylic acids is 2. The lowest BCUT2D eigenvalue weighted by Gasteiger charge is -2.29. The molecule has 1 aliphatic carbocycles. The first-order chi connectivity index (χ1) is 14.6. The summed E-state index contributed by atoms with van der Waals surface area (Å²) in [5.41, 5.74) is 8.06. The Morgan fingerprint density at radius 2 is 1.73 bits per heavy atom. The van der Waals surface area contributed by atoms with Crippen molar-refractivity contribution in [2.45, 2.75) is 45.1 Å². The number of amides is 2. The second-order valence-corrected chi connectivity index (χ2v) is 8.72. The van der Waals surface area contributed by atoms with Crippen LogP contribution in [0.4, 0.5) is 5.69 Å². The molecule has 2 aromatic rings. The van der Waals surface area contributed by atoms with Crippen LogP contribution in [-0.4, -0.2) is 29.8 Å². The third-order valence-electron chi connectivity index (χ3n) is 5.60. The van der Waals surface area contributed by atoms with Crippen LogP contribution in [0.25, 0.3) is 0 Å². The van der Waals surface area contributed by atoms with Crippen LogP contribution in [0.15, 0.2) is 53.0 Å². The van der Waals surface area contributed by atoms with Crippen molar-refractivity contribution in [1.29, 1.82) is 0 Å². The molecule has 1 fully saturated rings. The van der Waals surface area contributed by atoms with Gasteiger partial charge in [0.2, 0.25) is 5.91 Å². The van der Waals surface area contributed by atoms with Crippen LogP contribution in [-0.2, 0) is 11.3 Å². The van der Waals surface area contributed by atoms with Crippen molar-refractivity contribution in [2.24, 2.45) is 11.7 Å². The SMILES string of the molecule is NCCCN(Cc1ccc(NC(=O)c2ccccc2Br)cc1)C(=O)C1CCCCC1. The molecule has 2 amide bonds. The van der Waals surface area contributed by atoms with Crippen molar-refractivity contribution in [3.63, 3.8) is 0 Å². The van der Waals surface area contributed by atoms with Gasteiger partial charge in [-0.15, -0.1) is 0 Å². The minimum absolute atomic E-state index is 0.152. The predicted octanol–water partition coefficient (Wildman–Crippen LogP) is 4.96. The molecule has 0 aliphatic heterocycles. The summed E-state index contributed by atoms with van der Waals surface area (Å²) < 4.78 is 0.760. The Morgan fingerprint density at radius 1 is 1.03 bits per heavy atom. The van der Waals surface area contributed by atoms with Gasteiger partial charge in [0.15, 0.2) is 0 Å². The number of hydrogen-bond acceptors (Lipinski definition) is 3. The quantitative estimate of drug-likeness (QED) is 0.571. The standard InChI is InChI=1S/C24H30BrN3O2/c25-22-10-5-4-9-21(22)23(29)27-20-13-11-18(12-14-20)17-28(16-6-15-26)24(30)19-7-2-1-3-8-19/h4-5,9-14,19H,1-3,6-8,15-17,26H2,(H,27,29). The van der Waals surface area contributed by atoms with Crippen LogP contribution < -0.4 is 11.1 Å². The van der Waals surface area contributed by atoms with E-state index in [1.54, 1.807) is 6.07 Å². The van der Waals surface area contributed by atoms with Crippen molar-refractivity contribution in [2.75, 3.05) is 18.4 Å². The average molecular weight is 472 g/mol. The first kappa shape index (κ1) is 22.5. The highest BCUT2D eigenvalue weighted by atomic mass is 79.9. The molecule has 0 spiro atoms. The average Bonchev–Trinajstić information content (AvgIpc) is 2.78. The number of halogens is 1. The van der Waals surface area contributed by atoms with E-state index in [2.05, 4.69) is 21.2 Å². The summed E-state index contributed by atoms with van der Waals surface area (Å²) in [6.45, 7) is 1.84. The smallest absolute Gasteiger partial charge is 0.256 e. The number of carbonyl (C=O) groups is 2. The maximum absolute atomic E-state index is 13.0. The van der Waals surface area contributed by atoms with Crippen LogP contribution in [0.1, 0.15) is 54.4 Å². The van der Waals surface area contributed by atoms with E-state index in [-0.39, 0.29) is 17.7 Å². The van der Waals surface area contributed by atoms with Gasteiger partial charge >= 0.3 is 0 Å². The highest BCUT2D eigenvalue weighted by Crippen LogP contribution is 2.26. The van der Waals surface area contributed by atoms with E-state index in [0.717, 1.165) is 47.8 Å². The lowest BCUT2D eigenvalue weighted by atomic mass is 9.88. The Balaban J connectivity index is 1.63. The van der Waals surface area contributed by atoms with Gasteiger partial charge in [0.25, 0.3) is 5.91 Å². The molecule has 0 aromatic heterocycles. The molecule has 0 unspecified atom stereocenters. The molecule has 160 valence electrons. The van der Waals surface area contributed by atoms with E-state index >= 15 is 0 Å². The van der Waals surface area contributed by atoms with E-state index in [1.165, 1.54) is 6.42 Å². The zero-order valence-electron chi connectivity index (χ0n) is 17.3. The normalized spacial score (nSPS) is 14.3. The van der Waals surface area contributed by atoms with Gasteiger partial charge in [-0.2, -0.15) is 0 Å². The molecule has 0 bridgehead atoms. The van der Waals surface area contributed by atoms with E-state index in [0.29, 0.717) is 25.2 Å². The first-order valence-electron chi connectivity index (χ1n) is 10.7. The number of nitrogens with one attached hydrogen (secondary N) is 1. The van der Waals surface area contributed by atoms with Crippen molar-refractivity contribution in [3.8, 4) is 0 Å². The molecule has 1 aliphatic rings. The van der Waals surface area contributed by atoms with Crippen LogP contribution in [0.2, 0.25) is 0 Å². The number of nitrogens with zero attached hydrogens (tertiary/aromatic N) is 1. The Kier molecular flexibility index (Phi) is 8.46. The lowest BCUT2D eigenvalue weighted by Crippen LogP contribution is -2.37. The zero-order chi connectivity index (χ0) is 21.3. The highest BCUT2D eigenvalue weighted by molar-refractivity contribution is 9.10. The maximum atomic E-state index is 13.0. The summed E-state index contributed by atoms with van der Waals surface area (Å²) in [4.78, 5) is 27.5. The minimum atomic E-state index is -0.160. The summed E-state index contributed by atoms with van der Waals surface area (Å²) in [6.07, 6.45) is 6.33. The largest absolute Gasteiger partial charge is 0.338 e. The first-order valence-corrected chi connectivity index (χ1v) is 11.5. The van der Waals surface area contributed by atoms with Crippen LogP contribution in [0.3, 0.4) is 0 Å². The van der Waals surface area contributed by atoms with Gasteiger partial charge in [0.1, 0.15) is 0 Å². The maximum Gasteiger partial charge on any atom is 0.256 e. The molecule has 0 heterocycles. The Morgan fingerprint density at radius 3 is 2.40 bits per heavy atom. The molecule has 0 radical (unpaired) electrons. The van der Waals surface area contributed by atoms with Gasteiger partial charge in [0.05, 0.1) is 5.56 Å². The zero-order valence-corrected chi connectivity index (χ0v) is 18.9. The fourth-order valence-electron chi connectivity index (χ4n) is 3.91. The number of anilines is 1. The van der Waals surface area contributed by atoms with Crippen LogP contribution >= 0.6 is 15.9 Å². The van der Waals surface area contributed by atoms with E-state index < -0.39 is 0 Å². The van der Waals surface area contributed by atoms with Crippen LogP contribution in [0, 0.1) is 5.92 Å². The Labute approximate surface area is 187 Å². The van der Waals surface area contributed by atoms with Gasteiger partial charge in [-0.05, 0) is 71.6 Å². The van der Waals surface area contributed by atoms with Gasteiger partial charge in [-0.3, -0.25) is 9.59 Å². The Bertz CT molecular complexity index is 848. The number of benzene rings is 2. The van der Waals surface area contributed by atoms with Gasteiger partial charge in [-0.25, -0.2) is 0 Å². The summed E-state index contributed by atoms with van der Waals surface area (Å²) in [7, 11) is 0. The molecular formula is C24H30BrN3O2. The fourth-order valence-corrected chi connectivity index (χ4v) is 4.38. The summed E-state index contributed by atoms with van der Waals surface area (Å²) in [5, 5.41) is 2.92. The van der Waals surface area contributed by atoms with Gasteiger partial charge in [0, 0.05) is 29.2 Å². The summed E-state index contributed by atoms with van der Waals surface area (Å²) in [5.74, 6) is 0.251. The molecule has 3 N–H and O–H groups in total. The second kappa shape index (κ2) is 11.3. The molecular weight excluding hydrogens is 442 g/mol. The van der Waals surface area contributed by atoms with E-state index in [4.69, 9.17) is 5.73 Å². The van der Waals surface area contributed by atoms with Crippen molar-refractivity contribution >= 4 is 33.4 Å². The molecule has 5 nitrogen and oxygen atoms in total. The number of rotatable bonds is 8. The predicted molar refractivity (Wildman–Crippen MR) is 124 cm³/mol. The lowest BCUT2D eigenvalue weighted by molar-refractivity contribution is -0.137. The molecule has 0 saturated heterocycles. The molecule has 1 saturated carbocycles. The van der Waals surface area contributed by atoms with Gasteiger partial charge < -0.3 is 16.0 Å². The fraction of sp³-hybridized carbons (Fsp3) is 0.417. The molecule has 3 rings (SSSR count). The van der Waals surface area contributed by atoms with E-state index in [9.17, 15) is 9.59 Å². The van der Waals surface area contributed by atoms with Crippen molar-refractivity contribution in [3.05, 3.63) is 64.1 Å². The molecule has 30 heavy (non-hydrogen) atoms. The number of hydrogen-bond donors (Lipinski definition) is 2.